The summed E-state index contributed by atoms with van der Waals surface area (Å²) in [6.07, 6.45) is -4.60. The molecule has 0 saturated carbocycles. The molecule has 1 aromatic rings. The number of thioether (sulfide) groups is 1. The van der Waals surface area contributed by atoms with Crippen molar-refractivity contribution in [2.24, 2.45) is 0 Å². The maximum Gasteiger partial charge on any atom is 0.433 e. The third kappa shape index (κ3) is 1.87. The van der Waals surface area contributed by atoms with Crippen molar-refractivity contribution in [3.63, 3.8) is 0 Å². The molecule has 7 heteroatoms. The molecule has 16 heavy (non-hydrogen) atoms. The van der Waals surface area contributed by atoms with Gasteiger partial charge in [0.1, 0.15) is 5.69 Å². The Hall–Kier alpha value is -1.24. The van der Waals surface area contributed by atoms with Gasteiger partial charge in [-0.25, -0.2) is 9.78 Å². The van der Waals surface area contributed by atoms with Gasteiger partial charge >= 0.3 is 12.1 Å². The molecule has 1 aliphatic heterocycles. The Morgan fingerprint density at radius 3 is 2.69 bits per heavy atom. The van der Waals surface area contributed by atoms with Gasteiger partial charge in [-0.05, 0) is 11.6 Å². The molecule has 0 unspecified atom stereocenters. The van der Waals surface area contributed by atoms with Gasteiger partial charge in [-0.15, -0.1) is 0 Å². The van der Waals surface area contributed by atoms with E-state index in [9.17, 15) is 18.0 Å². The quantitative estimate of drug-likeness (QED) is 0.831. The molecule has 1 aromatic heterocycles. The lowest BCUT2D eigenvalue weighted by molar-refractivity contribution is -0.141. The number of aromatic carboxylic acids is 1. The highest BCUT2D eigenvalue weighted by atomic mass is 32.2. The summed E-state index contributed by atoms with van der Waals surface area (Å²) < 4.78 is 37.3. The van der Waals surface area contributed by atoms with Crippen LogP contribution in [0.25, 0.3) is 0 Å². The normalized spacial score (nSPS) is 14.9. The summed E-state index contributed by atoms with van der Waals surface area (Å²) >= 11 is 1.36. The van der Waals surface area contributed by atoms with E-state index in [1.54, 1.807) is 0 Å². The number of hydrogen-bond donors (Lipinski definition) is 1. The monoisotopic (exact) mass is 249 g/mol. The fourth-order valence-corrected chi connectivity index (χ4v) is 2.55. The van der Waals surface area contributed by atoms with Crippen molar-refractivity contribution < 1.29 is 23.1 Å². The number of carbonyl (C=O) groups is 1. The Balaban J connectivity index is 2.61. The lowest BCUT2D eigenvalue weighted by Gasteiger charge is -2.09. The maximum atomic E-state index is 12.4. The molecule has 1 aliphatic rings. The second kappa shape index (κ2) is 3.65. The molecule has 0 aliphatic carbocycles. The molecule has 0 atom stereocenters. The molecule has 2 heterocycles. The highest BCUT2D eigenvalue weighted by molar-refractivity contribution is 7.98. The minimum Gasteiger partial charge on any atom is -0.478 e. The Kier molecular flexibility index (Phi) is 2.57. The minimum absolute atomic E-state index is 0.234. The first kappa shape index (κ1) is 11.3. The van der Waals surface area contributed by atoms with Crippen molar-refractivity contribution in [3.8, 4) is 0 Å². The predicted octanol–water partition coefficient (Wildman–Crippen LogP) is 2.55. The number of carboxylic acids is 1. The third-order valence-corrected chi connectivity index (χ3v) is 3.19. The Labute approximate surface area is 92.7 Å². The van der Waals surface area contributed by atoms with Gasteiger partial charge < -0.3 is 5.11 Å². The summed E-state index contributed by atoms with van der Waals surface area (Å²) in [5.41, 5.74) is -0.781. The third-order valence-electron chi connectivity index (χ3n) is 2.22. The molecule has 86 valence electrons. The lowest BCUT2D eigenvalue weighted by Crippen LogP contribution is -2.13. The molecule has 0 radical (unpaired) electrons. The van der Waals surface area contributed by atoms with Crippen LogP contribution >= 0.6 is 11.8 Å². The van der Waals surface area contributed by atoms with E-state index in [4.69, 9.17) is 5.11 Å². The summed E-state index contributed by atoms with van der Waals surface area (Å²) in [5.74, 6) is -0.603. The largest absolute Gasteiger partial charge is 0.478 e. The van der Waals surface area contributed by atoms with Crippen molar-refractivity contribution in [2.45, 2.75) is 17.7 Å². The molecular weight excluding hydrogens is 243 g/mol. The van der Waals surface area contributed by atoms with Crippen LogP contribution < -0.4 is 0 Å². The Bertz CT molecular complexity index is 459. The summed E-state index contributed by atoms with van der Waals surface area (Å²) in [4.78, 5) is 14.3. The number of halogens is 3. The summed E-state index contributed by atoms with van der Waals surface area (Å²) in [5, 5.41) is 8.83. The molecule has 0 saturated heterocycles. The van der Waals surface area contributed by atoms with Crippen LogP contribution in [0.5, 0.6) is 0 Å². The van der Waals surface area contributed by atoms with E-state index in [-0.39, 0.29) is 11.3 Å². The Morgan fingerprint density at radius 1 is 1.44 bits per heavy atom. The second-order valence-corrected chi connectivity index (χ2v) is 4.26. The van der Waals surface area contributed by atoms with Crippen LogP contribution in [0.15, 0.2) is 6.07 Å². The van der Waals surface area contributed by atoms with Crippen LogP contribution in [0.4, 0.5) is 13.2 Å². The van der Waals surface area contributed by atoms with E-state index in [0.29, 0.717) is 23.1 Å². The van der Waals surface area contributed by atoms with Gasteiger partial charge in [0.15, 0.2) is 0 Å². The zero-order chi connectivity index (χ0) is 11.9. The maximum absolute atomic E-state index is 12.4. The Morgan fingerprint density at radius 2 is 2.12 bits per heavy atom. The molecule has 0 spiro atoms. The molecule has 0 amide bonds. The van der Waals surface area contributed by atoms with Crippen LogP contribution in [0.3, 0.4) is 0 Å². The summed E-state index contributed by atoms with van der Waals surface area (Å²) in [6.45, 7) is 0. The second-order valence-electron chi connectivity index (χ2n) is 3.28. The van der Waals surface area contributed by atoms with Crippen molar-refractivity contribution in [1.29, 1.82) is 0 Å². The predicted molar refractivity (Wildman–Crippen MR) is 51.2 cm³/mol. The molecular formula is C9H6F3NO2S. The van der Waals surface area contributed by atoms with E-state index < -0.39 is 17.8 Å². The number of rotatable bonds is 1. The lowest BCUT2D eigenvalue weighted by atomic mass is 10.1. The van der Waals surface area contributed by atoms with Gasteiger partial charge in [0.25, 0.3) is 0 Å². The van der Waals surface area contributed by atoms with E-state index in [1.165, 1.54) is 11.8 Å². The van der Waals surface area contributed by atoms with Crippen LogP contribution in [0.2, 0.25) is 0 Å². The molecule has 0 aromatic carbocycles. The first-order chi connectivity index (χ1) is 7.39. The van der Waals surface area contributed by atoms with Gasteiger partial charge in [0.2, 0.25) is 0 Å². The number of hydrogen-bond acceptors (Lipinski definition) is 3. The fraction of sp³-hybridized carbons (Fsp3) is 0.333. The minimum atomic E-state index is -4.60. The average molecular weight is 249 g/mol. The molecule has 0 bridgehead atoms. The summed E-state index contributed by atoms with van der Waals surface area (Å²) in [6, 6.07) is 0.604. The van der Waals surface area contributed by atoms with Crippen LogP contribution in [-0.4, -0.2) is 16.1 Å². The standard InChI is InChI=1S/C9H6F3NO2S/c10-9(11,12)7-1-4(8(14)15)5-2-16-3-6(5)13-7/h1H,2-3H2,(H,14,15). The highest BCUT2D eigenvalue weighted by Crippen LogP contribution is 2.35. The smallest absolute Gasteiger partial charge is 0.433 e. The highest BCUT2D eigenvalue weighted by Gasteiger charge is 2.35. The van der Waals surface area contributed by atoms with Crippen molar-refractivity contribution in [3.05, 3.63) is 28.6 Å². The van der Waals surface area contributed by atoms with Crippen molar-refractivity contribution >= 4 is 17.7 Å². The first-order valence-corrected chi connectivity index (χ1v) is 5.46. The van der Waals surface area contributed by atoms with Gasteiger partial charge in [-0.3, -0.25) is 0 Å². The number of nitrogens with zero attached hydrogens (tertiary/aromatic N) is 1. The van der Waals surface area contributed by atoms with E-state index in [1.807, 2.05) is 0 Å². The molecule has 0 fully saturated rings. The zero-order valence-corrected chi connectivity index (χ0v) is 8.65. The average Bonchev–Trinajstić information content (AvgIpc) is 2.61. The number of fused-ring (bicyclic) bond motifs is 1. The number of aromatic nitrogens is 1. The van der Waals surface area contributed by atoms with E-state index in [2.05, 4.69) is 4.98 Å². The van der Waals surface area contributed by atoms with Gasteiger partial charge in [0, 0.05) is 11.5 Å². The zero-order valence-electron chi connectivity index (χ0n) is 7.84. The number of alkyl halides is 3. The van der Waals surface area contributed by atoms with Crippen molar-refractivity contribution in [2.75, 3.05) is 0 Å². The molecule has 2 rings (SSSR count). The topological polar surface area (TPSA) is 50.2 Å². The van der Waals surface area contributed by atoms with Gasteiger partial charge in [-0.1, -0.05) is 0 Å². The van der Waals surface area contributed by atoms with Crippen LogP contribution in [0.1, 0.15) is 27.3 Å². The fourth-order valence-electron chi connectivity index (χ4n) is 1.49. The number of carboxylic acid groups (broad SMARTS) is 1. The van der Waals surface area contributed by atoms with Crippen LogP contribution in [0, 0.1) is 0 Å². The molecule has 3 nitrogen and oxygen atoms in total. The van der Waals surface area contributed by atoms with E-state index >= 15 is 0 Å². The van der Waals surface area contributed by atoms with Crippen molar-refractivity contribution in [1.82, 2.24) is 4.98 Å². The molecule has 1 N–H and O–H groups in total. The first-order valence-electron chi connectivity index (χ1n) is 4.30. The van der Waals surface area contributed by atoms with Gasteiger partial charge in [-0.2, -0.15) is 24.9 Å². The SMILES string of the molecule is O=C(O)c1cc(C(F)(F)F)nc2c1CSC2. The van der Waals surface area contributed by atoms with Gasteiger partial charge in [0.05, 0.1) is 11.3 Å². The summed E-state index contributed by atoms with van der Waals surface area (Å²) in [7, 11) is 0. The van der Waals surface area contributed by atoms with E-state index in [0.717, 1.165) is 0 Å². The van der Waals surface area contributed by atoms with Crippen LogP contribution in [-0.2, 0) is 17.7 Å². The number of pyridine rings is 1.